The molecule has 27 heavy (non-hydrogen) atoms. The lowest BCUT2D eigenvalue weighted by molar-refractivity contribution is -0.143. The number of ether oxygens (including phenoxy) is 1. The van der Waals surface area contributed by atoms with Crippen molar-refractivity contribution in [1.82, 2.24) is 5.32 Å². The Morgan fingerprint density at radius 2 is 1.52 bits per heavy atom. The van der Waals surface area contributed by atoms with Gasteiger partial charge in [0.05, 0.1) is 12.7 Å². The van der Waals surface area contributed by atoms with Crippen molar-refractivity contribution >= 4 is 39.2 Å². The molecule has 1 atom stereocenters. The van der Waals surface area contributed by atoms with Gasteiger partial charge in [-0.25, -0.2) is 4.79 Å². The van der Waals surface area contributed by atoms with E-state index in [-0.39, 0.29) is 24.5 Å². The van der Waals surface area contributed by atoms with Crippen LogP contribution in [0.5, 0.6) is 0 Å². The fourth-order valence-electron chi connectivity index (χ4n) is 3.23. The zero-order chi connectivity index (χ0) is 19.4. The number of carbonyl (C=O) groups excluding carboxylic acids is 3. The summed E-state index contributed by atoms with van der Waals surface area (Å²) < 4.78 is 4.79. The Morgan fingerprint density at radius 3 is 2.04 bits per heavy atom. The smallest absolute Gasteiger partial charge is 0.328 e. The molecule has 3 aromatic rings. The van der Waals surface area contributed by atoms with Crippen molar-refractivity contribution in [2.24, 2.45) is 0 Å². The Balaban J connectivity index is 2.05. The van der Waals surface area contributed by atoms with Gasteiger partial charge >= 0.3 is 5.97 Å². The number of carbonyl (C=O) groups is 3. The van der Waals surface area contributed by atoms with E-state index in [0.717, 1.165) is 21.5 Å². The van der Waals surface area contributed by atoms with E-state index in [4.69, 9.17) is 4.74 Å². The molecule has 0 spiro atoms. The number of rotatable bonds is 6. The van der Waals surface area contributed by atoms with E-state index in [1.165, 1.54) is 14.0 Å². The van der Waals surface area contributed by atoms with E-state index in [9.17, 15) is 14.4 Å². The summed E-state index contributed by atoms with van der Waals surface area (Å²) >= 11 is 0. The molecule has 0 radical (unpaired) electrons. The van der Waals surface area contributed by atoms with E-state index < -0.39 is 12.0 Å². The molecule has 0 aliphatic rings. The van der Waals surface area contributed by atoms with Gasteiger partial charge in [0.25, 0.3) is 5.91 Å². The molecule has 0 unspecified atom stereocenters. The zero-order valence-electron chi connectivity index (χ0n) is 15.3. The Kier molecular flexibility index (Phi) is 5.50. The number of Topliss-reactive ketones (excluding diaryl/α,β-unsaturated/α-hetero) is 1. The van der Waals surface area contributed by atoms with Crippen molar-refractivity contribution in [3.63, 3.8) is 0 Å². The van der Waals surface area contributed by atoms with Crippen LogP contribution in [0.1, 0.15) is 30.1 Å². The van der Waals surface area contributed by atoms with Crippen LogP contribution >= 0.6 is 0 Å². The summed E-state index contributed by atoms with van der Waals surface area (Å²) in [6.45, 7) is 1.45. The van der Waals surface area contributed by atoms with Crippen molar-refractivity contribution < 1.29 is 19.1 Å². The number of benzene rings is 3. The fourth-order valence-corrected chi connectivity index (χ4v) is 3.23. The van der Waals surface area contributed by atoms with Gasteiger partial charge in [-0.1, -0.05) is 48.5 Å². The molecular formula is C22H21NO4. The summed E-state index contributed by atoms with van der Waals surface area (Å²) in [7, 11) is 1.27. The highest BCUT2D eigenvalue weighted by atomic mass is 16.5. The highest BCUT2D eigenvalue weighted by Crippen LogP contribution is 2.28. The number of esters is 1. The third-order valence-electron chi connectivity index (χ3n) is 4.57. The number of ketones is 1. The van der Waals surface area contributed by atoms with Gasteiger partial charge in [-0.3, -0.25) is 4.79 Å². The van der Waals surface area contributed by atoms with Gasteiger partial charge in [0.15, 0.2) is 0 Å². The number of methoxy groups -OCH3 is 1. The van der Waals surface area contributed by atoms with Crippen LogP contribution in [0.4, 0.5) is 0 Å². The van der Waals surface area contributed by atoms with E-state index in [1.807, 2.05) is 54.6 Å². The molecule has 0 fully saturated rings. The van der Waals surface area contributed by atoms with Crippen LogP contribution in [0.2, 0.25) is 0 Å². The van der Waals surface area contributed by atoms with Crippen LogP contribution in [-0.2, 0) is 14.3 Å². The topological polar surface area (TPSA) is 72.5 Å². The normalized spacial score (nSPS) is 11.9. The van der Waals surface area contributed by atoms with Crippen molar-refractivity contribution in [3.8, 4) is 0 Å². The molecule has 3 rings (SSSR count). The van der Waals surface area contributed by atoms with Crippen molar-refractivity contribution in [2.75, 3.05) is 7.11 Å². The number of amides is 1. The maximum atomic E-state index is 13.1. The summed E-state index contributed by atoms with van der Waals surface area (Å²) in [6.07, 6.45) is 0.396. The van der Waals surface area contributed by atoms with Crippen molar-refractivity contribution in [3.05, 3.63) is 60.2 Å². The molecule has 1 N–H and O–H groups in total. The summed E-state index contributed by atoms with van der Waals surface area (Å²) in [4.78, 5) is 36.5. The summed E-state index contributed by atoms with van der Waals surface area (Å²) in [5, 5.41) is 6.26. The molecule has 0 aliphatic carbocycles. The second-order valence-electron chi connectivity index (χ2n) is 6.48. The minimum absolute atomic E-state index is 0.0474. The zero-order valence-corrected chi connectivity index (χ0v) is 15.3. The molecule has 1 amide bonds. The summed E-state index contributed by atoms with van der Waals surface area (Å²) in [5.74, 6) is -0.968. The first-order chi connectivity index (χ1) is 13.0. The van der Waals surface area contributed by atoms with Gasteiger partial charge < -0.3 is 14.8 Å². The van der Waals surface area contributed by atoms with Crippen LogP contribution < -0.4 is 5.32 Å². The molecule has 0 aromatic heterocycles. The second kappa shape index (κ2) is 7.99. The van der Waals surface area contributed by atoms with Gasteiger partial charge in [0.1, 0.15) is 11.8 Å². The fraction of sp³-hybridized carbons (Fsp3) is 0.227. The van der Waals surface area contributed by atoms with Crippen LogP contribution in [0.15, 0.2) is 54.6 Å². The van der Waals surface area contributed by atoms with Crippen LogP contribution in [0, 0.1) is 0 Å². The Morgan fingerprint density at radius 1 is 0.963 bits per heavy atom. The van der Waals surface area contributed by atoms with Gasteiger partial charge in [0.2, 0.25) is 0 Å². The maximum Gasteiger partial charge on any atom is 0.328 e. The molecule has 0 aliphatic heterocycles. The van der Waals surface area contributed by atoms with Crippen molar-refractivity contribution in [2.45, 2.75) is 25.8 Å². The summed E-state index contributed by atoms with van der Waals surface area (Å²) in [6, 6.07) is 16.4. The average molecular weight is 363 g/mol. The third kappa shape index (κ3) is 3.97. The molecule has 0 heterocycles. The SMILES string of the molecule is COC(=O)[C@@H](CCC(C)=O)NC(=O)c1c2ccccc2cc2ccccc12. The number of hydrogen-bond acceptors (Lipinski definition) is 4. The predicted molar refractivity (Wildman–Crippen MR) is 105 cm³/mol. The first-order valence-corrected chi connectivity index (χ1v) is 8.80. The molecule has 138 valence electrons. The standard InChI is InChI=1S/C22H21NO4/c1-14(24)11-12-19(22(26)27-2)23-21(25)20-17-9-5-3-7-15(17)13-16-8-4-6-10-18(16)20/h3-10,13,19H,11-12H2,1-2H3,(H,23,25)/t19-/m1/s1. The minimum Gasteiger partial charge on any atom is -0.467 e. The lowest BCUT2D eigenvalue weighted by Crippen LogP contribution is -2.41. The first kappa shape index (κ1) is 18.6. The van der Waals surface area contributed by atoms with Crippen LogP contribution in [0.3, 0.4) is 0 Å². The highest BCUT2D eigenvalue weighted by Gasteiger charge is 2.24. The molecule has 5 heteroatoms. The van der Waals surface area contributed by atoms with E-state index in [2.05, 4.69) is 5.32 Å². The lowest BCUT2D eigenvalue weighted by Gasteiger charge is -2.18. The van der Waals surface area contributed by atoms with Gasteiger partial charge in [-0.05, 0) is 41.0 Å². The second-order valence-corrected chi connectivity index (χ2v) is 6.48. The quantitative estimate of drug-likeness (QED) is 0.536. The predicted octanol–water partition coefficient (Wildman–Crippen LogP) is 3.63. The van der Waals surface area contributed by atoms with E-state index >= 15 is 0 Å². The highest BCUT2D eigenvalue weighted by molar-refractivity contribution is 6.18. The third-order valence-corrected chi connectivity index (χ3v) is 4.57. The molecular weight excluding hydrogens is 342 g/mol. The largest absolute Gasteiger partial charge is 0.467 e. The van der Waals surface area contributed by atoms with Crippen molar-refractivity contribution in [1.29, 1.82) is 0 Å². The van der Waals surface area contributed by atoms with E-state index in [1.54, 1.807) is 0 Å². The van der Waals surface area contributed by atoms with Crippen LogP contribution in [-0.4, -0.2) is 30.8 Å². The van der Waals surface area contributed by atoms with Crippen LogP contribution in [0.25, 0.3) is 21.5 Å². The van der Waals surface area contributed by atoms with Gasteiger partial charge in [-0.2, -0.15) is 0 Å². The minimum atomic E-state index is -0.871. The number of hydrogen-bond donors (Lipinski definition) is 1. The molecule has 0 bridgehead atoms. The lowest BCUT2D eigenvalue weighted by atomic mass is 9.96. The molecule has 5 nitrogen and oxygen atoms in total. The molecule has 0 saturated heterocycles. The van der Waals surface area contributed by atoms with E-state index in [0.29, 0.717) is 5.56 Å². The Hall–Kier alpha value is -3.21. The first-order valence-electron chi connectivity index (χ1n) is 8.80. The number of nitrogens with one attached hydrogen (secondary N) is 1. The van der Waals surface area contributed by atoms with Gasteiger partial charge in [0, 0.05) is 6.42 Å². The molecule has 3 aromatic carbocycles. The maximum absolute atomic E-state index is 13.1. The Bertz CT molecular complexity index is 971. The van der Waals surface area contributed by atoms with Gasteiger partial charge in [-0.15, -0.1) is 0 Å². The average Bonchev–Trinajstić information content (AvgIpc) is 2.68. The molecule has 0 saturated carbocycles. The monoisotopic (exact) mass is 363 g/mol. The summed E-state index contributed by atoms with van der Waals surface area (Å²) in [5.41, 5.74) is 0.514. The Labute approximate surface area is 157 Å². The number of fused-ring (bicyclic) bond motifs is 2.